The molecule has 0 radical (unpaired) electrons. The normalized spacial score (nSPS) is 14.8. The Bertz CT molecular complexity index is 881. The molecule has 7 heteroatoms. The van der Waals surface area contributed by atoms with E-state index in [1.165, 1.54) is 6.92 Å². The van der Waals surface area contributed by atoms with Crippen molar-refractivity contribution in [2.45, 2.75) is 32.6 Å². The number of aryl methyl sites for hydroxylation is 1. The minimum absolute atomic E-state index is 0.00872. The zero-order valence-corrected chi connectivity index (χ0v) is 15.5. The monoisotopic (exact) mass is 369 g/mol. The van der Waals surface area contributed by atoms with Crippen molar-refractivity contribution in [2.75, 3.05) is 19.7 Å². The lowest BCUT2D eigenvalue weighted by Crippen LogP contribution is -2.40. The molecule has 27 heavy (non-hydrogen) atoms. The van der Waals surface area contributed by atoms with Crippen LogP contribution in [0, 0.1) is 6.92 Å². The van der Waals surface area contributed by atoms with Gasteiger partial charge in [-0.2, -0.15) is 0 Å². The van der Waals surface area contributed by atoms with E-state index in [1.54, 1.807) is 42.2 Å². The molecule has 0 atom stereocenters. The number of piperidine rings is 1. The molecule has 142 valence electrons. The summed E-state index contributed by atoms with van der Waals surface area (Å²) in [5, 5.41) is 0. The largest absolute Gasteiger partial charge is 0.484 e. The molecule has 0 unspecified atom stereocenters. The number of aromatic nitrogens is 2. The Hall–Kier alpha value is -2.96. The fourth-order valence-corrected chi connectivity index (χ4v) is 3.26. The number of rotatable bonds is 5. The highest BCUT2D eigenvalue weighted by Crippen LogP contribution is 2.26. The molecule has 0 saturated carbocycles. The highest BCUT2D eigenvalue weighted by molar-refractivity contribution is 5.94. The molecule has 1 fully saturated rings. The number of benzene rings is 1. The summed E-state index contributed by atoms with van der Waals surface area (Å²) in [5.74, 6) is 1.28. The summed E-state index contributed by atoms with van der Waals surface area (Å²) in [5.41, 5.74) is 1.27. The van der Waals surface area contributed by atoms with Gasteiger partial charge in [0.15, 0.2) is 12.4 Å². The first kappa shape index (κ1) is 18.8. The van der Waals surface area contributed by atoms with Crippen molar-refractivity contribution in [3.8, 4) is 5.75 Å². The fourth-order valence-electron chi connectivity index (χ4n) is 3.26. The van der Waals surface area contributed by atoms with Gasteiger partial charge in [-0.1, -0.05) is 0 Å². The first-order valence-corrected chi connectivity index (χ1v) is 9.02. The van der Waals surface area contributed by atoms with Crippen molar-refractivity contribution in [1.29, 1.82) is 0 Å². The van der Waals surface area contributed by atoms with E-state index in [0.29, 0.717) is 30.2 Å². The quantitative estimate of drug-likeness (QED) is 0.815. The van der Waals surface area contributed by atoms with E-state index in [9.17, 15) is 14.4 Å². The molecule has 0 aliphatic carbocycles. The van der Waals surface area contributed by atoms with Crippen LogP contribution in [-0.4, -0.2) is 46.3 Å². The molecule has 7 nitrogen and oxygen atoms in total. The van der Waals surface area contributed by atoms with Crippen LogP contribution in [0.3, 0.4) is 0 Å². The average molecular weight is 369 g/mol. The van der Waals surface area contributed by atoms with Crippen molar-refractivity contribution in [3.05, 3.63) is 57.8 Å². The van der Waals surface area contributed by atoms with Crippen molar-refractivity contribution < 1.29 is 14.3 Å². The predicted molar refractivity (Wildman–Crippen MR) is 100 cm³/mol. The number of Topliss-reactive ketones (excluding diaryl/α,β-unsaturated/α-hetero) is 1. The molecule has 1 aromatic heterocycles. The first-order valence-electron chi connectivity index (χ1n) is 9.02. The minimum atomic E-state index is -0.139. The van der Waals surface area contributed by atoms with Crippen LogP contribution >= 0.6 is 0 Å². The van der Waals surface area contributed by atoms with Crippen molar-refractivity contribution in [1.82, 2.24) is 14.9 Å². The van der Waals surface area contributed by atoms with Crippen LogP contribution in [-0.2, 0) is 4.79 Å². The fraction of sp³-hybridized carbons (Fsp3) is 0.400. The molecule has 2 aromatic rings. The van der Waals surface area contributed by atoms with E-state index in [2.05, 4.69) is 9.97 Å². The van der Waals surface area contributed by atoms with Gasteiger partial charge in [-0.25, -0.2) is 4.98 Å². The number of aromatic amines is 1. The Kier molecular flexibility index (Phi) is 5.69. The van der Waals surface area contributed by atoms with Crippen LogP contribution in [0.15, 0.2) is 35.1 Å². The Morgan fingerprint density at radius 3 is 2.48 bits per heavy atom. The predicted octanol–water partition coefficient (Wildman–Crippen LogP) is 2.07. The highest BCUT2D eigenvalue weighted by Gasteiger charge is 2.25. The Morgan fingerprint density at radius 1 is 1.22 bits per heavy atom. The van der Waals surface area contributed by atoms with Gasteiger partial charge in [0.1, 0.15) is 11.6 Å². The third-order valence-electron chi connectivity index (χ3n) is 4.77. The lowest BCUT2D eigenvalue weighted by atomic mass is 9.93. The number of hydrogen-bond acceptors (Lipinski definition) is 5. The number of carbonyl (C=O) groups excluding carboxylic acids is 2. The second-order valence-electron chi connectivity index (χ2n) is 6.78. The summed E-state index contributed by atoms with van der Waals surface area (Å²) in [6.45, 7) is 4.47. The van der Waals surface area contributed by atoms with Crippen LogP contribution in [0.4, 0.5) is 0 Å². The zero-order chi connectivity index (χ0) is 19.4. The van der Waals surface area contributed by atoms with Crippen molar-refractivity contribution in [3.63, 3.8) is 0 Å². The Morgan fingerprint density at radius 2 is 1.89 bits per heavy atom. The molecule has 1 aromatic carbocycles. The summed E-state index contributed by atoms with van der Waals surface area (Å²) in [6, 6.07) is 8.30. The summed E-state index contributed by atoms with van der Waals surface area (Å²) >= 11 is 0. The van der Waals surface area contributed by atoms with E-state index in [1.807, 2.05) is 0 Å². The van der Waals surface area contributed by atoms with Gasteiger partial charge in [0.2, 0.25) is 0 Å². The minimum Gasteiger partial charge on any atom is -0.484 e. The van der Waals surface area contributed by atoms with Crippen LogP contribution in [0.5, 0.6) is 5.75 Å². The maximum Gasteiger partial charge on any atom is 0.260 e. The van der Waals surface area contributed by atoms with E-state index in [4.69, 9.17) is 4.74 Å². The van der Waals surface area contributed by atoms with Crippen LogP contribution in [0.1, 0.15) is 47.6 Å². The second kappa shape index (κ2) is 8.16. The number of likely N-dealkylation sites (tertiary alicyclic amines) is 1. The van der Waals surface area contributed by atoms with E-state index in [0.717, 1.165) is 18.5 Å². The van der Waals surface area contributed by atoms with Gasteiger partial charge < -0.3 is 14.6 Å². The third-order valence-corrected chi connectivity index (χ3v) is 4.77. The number of carbonyl (C=O) groups is 2. The summed E-state index contributed by atoms with van der Waals surface area (Å²) in [6.07, 6.45) is 1.55. The van der Waals surface area contributed by atoms with Gasteiger partial charge in [-0.05, 0) is 51.0 Å². The molecule has 1 saturated heterocycles. The number of nitrogens with one attached hydrogen (secondary N) is 1. The van der Waals surface area contributed by atoms with Crippen molar-refractivity contribution >= 4 is 11.7 Å². The van der Waals surface area contributed by atoms with Gasteiger partial charge >= 0.3 is 0 Å². The number of amides is 1. The molecule has 0 bridgehead atoms. The van der Waals surface area contributed by atoms with E-state index >= 15 is 0 Å². The van der Waals surface area contributed by atoms with Crippen LogP contribution in [0.2, 0.25) is 0 Å². The van der Waals surface area contributed by atoms with Gasteiger partial charge in [-0.3, -0.25) is 14.4 Å². The van der Waals surface area contributed by atoms with Gasteiger partial charge in [0, 0.05) is 30.6 Å². The molecular weight excluding hydrogens is 346 g/mol. The van der Waals surface area contributed by atoms with Gasteiger partial charge in [0.05, 0.1) is 5.69 Å². The molecular formula is C20H23N3O4. The second-order valence-corrected chi connectivity index (χ2v) is 6.78. The zero-order valence-electron chi connectivity index (χ0n) is 15.5. The topological polar surface area (TPSA) is 92.4 Å². The number of ether oxygens (including phenoxy) is 1. The van der Waals surface area contributed by atoms with E-state index < -0.39 is 0 Å². The number of ketones is 1. The summed E-state index contributed by atoms with van der Waals surface area (Å²) in [4.78, 5) is 44.1. The molecule has 1 N–H and O–H groups in total. The van der Waals surface area contributed by atoms with Crippen LogP contribution < -0.4 is 10.3 Å². The summed E-state index contributed by atoms with van der Waals surface area (Å²) < 4.78 is 5.54. The van der Waals surface area contributed by atoms with Gasteiger partial charge in [-0.15, -0.1) is 0 Å². The lowest BCUT2D eigenvalue weighted by molar-refractivity contribution is -0.134. The van der Waals surface area contributed by atoms with Crippen molar-refractivity contribution in [2.24, 2.45) is 0 Å². The lowest BCUT2D eigenvalue weighted by Gasteiger charge is -2.31. The van der Waals surface area contributed by atoms with E-state index in [-0.39, 0.29) is 29.8 Å². The molecule has 1 aliphatic rings. The average Bonchev–Trinajstić information content (AvgIpc) is 2.66. The Labute approximate surface area is 157 Å². The number of nitrogens with zero attached hydrogens (tertiary/aromatic N) is 2. The molecule has 0 spiro atoms. The highest BCUT2D eigenvalue weighted by atomic mass is 16.5. The first-order chi connectivity index (χ1) is 12.9. The molecule has 3 rings (SSSR count). The third kappa shape index (κ3) is 4.81. The van der Waals surface area contributed by atoms with Crippen LogP contribution in [0.25, 0.3) is 0 Å². The summed E-state index contributed by atoms with van der Waals surface area (Å²) in [7, 11) is 0. The number of H-pyrrole nitrogens is 1. The SMILES string of the molecule is CC(=O)c1ccc(OCC(=O)N2CCC(c3cc(=O)[nH]c(C)n3)CC2)cc1. The maximum absolute atomic E-state index is 12.4. The smallest absolute Gasteiger partial charge is 0.260 e. The molecule has 1 aliphatic heterocycles. The standard InChI is InChI=1S/C20H23N3O4/c1-13(24)15-3-5-17(6-4-15)27-12-20(26)23-9-7-16(8-10-23)18-11-19(25)22-14(2)21-18/h3-6,11,16H,7-10,12H2,1-2H3,(H,21,22,25). The van der Waals surface area contributed by atoms with Gasteiger partial charge in [0.25, 0.3) is 11.5 Å². The number of hydrogen-bond donors (Lipinski definition) is 1. The maximum atomic E-state index is 12.4. The molecule has 2 heterocycles. The molecule has 1 amide bonds. The Balaban J connectivity index is 1.51.